The van der Waals surface area contributed by atoms with E-state index in [1.54, 1.807) is 0 Å². The Morgan fingerprint density at radius 2 is 2.19 bits per heavy atom. The number of carbonyl (C=O) groups excluding carboxylic acids is 1. The first-order valence-electron chi connectivity index (χ1n) is 7.50. The summed E-state index contributed by atoms with van der Waals surface area (Å²) < 4.78 is 0. The van der Waals surface area contributed by atoms with E-state index in [1.165, 1.54) is 11.1 Å². The number of aromatic nitrogens is 2. The van der Waals surface area contributed by atoms with E-state index in [9.17, 15) is 4.79 Å². The highest BCUT2D eigenvalue weighted by Crippen LogP contribution is 2.35. The lowest BCUT2D eigenvalue weighted by Crippen LogP contribution is -2.24. The van der Waals surface area contributed by atoms with Crippen LogP contribution in [0.4, 0.5) is 0 Å². The van der Waals surface area contributed by atoms with E-state index in [-0.39, 0.29) is 5.91 Å². The number of aryl methyl sites for hydroxylation is 3. The van der Waals surface area contributed by atoms with Gasteiger partial charge < -0.3 is 5.32 Å². The summed E-state index contributed by atoms with van der Waals surface area (Å²) >= 11 is 0. The molecule has 0 radical (unpaired) electrons. The van der Waals surface area contributed by atoms with Crippen LogP contribution in [0.5, 0.6) is 0 Å². The van der Waals surface area contributed by atoms with E-state index in [1.807, 2.05) is 13.8 Å². The van der Waals surface area contributed by atoms with E-state index in [0.29, 0.717) is 18.9 Å². The molecule has 1 unspecified atom stereocenters. The van der Waals surface area contributed by atoms with Gasteiger partial charge in [-0.3, -0.25) is 9.89 Å². The topological polar surface area (TPSA) is 57.8 Å². The van der Waals surface area contributed by atoms with Crippen LogP contribution in [-0.2, 0) is 17.8 Å². The number of hydrogen-bond donors (Lipinski definition) is 2. The van der Waals surface area contributed by atoms with Crippen molar-refractivity contribution in [3.63, 3.8) is 0 Å². The van der Waals surface area contributed by atoms with Crippen LogP contribution in [0.25, 0.3) is 0 Å². The van der Waals surface area contributed by atoms with Crippen molar-refractivity contribution < 1.29 is 4.79 Å². The third kappa shape index (κ3) is 2.84. The quantitative estimate of drug-likeness (QED) is 0.906. The number of rotatable bonds is 4. The Hall–Kier alpha value is -2.10. The minimum absolute atomic E-state index is 0.122. The Bertz CT molecular complexity index is 640. The molecule has 110 valence electrons. The second-order valence-electron chi connectivity index (χ2n) is 5.83. The highest BCUT2D eigenvalue weighted by atomic mass is 16.1. The number of nitrogens with one attached hydrogen (secondary N) is 2. The maximum Gasteiger partial charge on any atom is 0.220 e. The molecule has 1 heterocycles. The van der Waals surface area contributed by atoms with Crippen molar-refractivity contribution >= 4 is 5.91 Å². The molecule has 3 rings (SSSR count). The van der Waals surface area contributed by atoms with Gasteiger partial charge in [0.2, 0.25) is 5.91 Å². The summed E-state index contributed by atoms with van der Waals surface area (Å²) in [5.41, 5.74) is 5.83. The fourth-order valence-electron chi connectivity index (χ4n) is 3.17. The first-order chi connectivity index (χ1) is 10.1. The standard InChI is InChI=1S/C17H21N3O/c1-11-16(12(2)20-19-11)10-18-17(21)9-14-8-7-13-5-3-4-6-15(13)14/h3-6,14H,7-10H2,1-2H3,(H,18,21)(H,19,20). The van der Waals surface area contributed by atoms with Crippen molar-refractivity contribution in [2.24, 2.45) is 0 Å². The lowest BCUT2D eigenvalue weighted by molar-refractivity contribution is -0.121. The number of benzene rings is 1. The Morgan fingerprint density at radius 3 is 2.95 bits per heavy atom. The zero-order valence-corrected chi connectivity index (χ0v) is 12.6. The highest BCUT2D eigenvalue weighted by molar-refractivity contribution is 5.77. The lowest BCUT2D eigenvalue weighted by atomic mass is 9.97. The number of amides is 1. The first-order valence-corrected chi connectivity index (χ1v) is 7.50. The molecule has 1 aliphatic carbocycles. The molecule has 1 atom stereocenters. The monoisotopic (exact) mass is 283 g/mol. The summed E-state index contributed by atoms with van der Waals surface area (Å²) in [7, 11) is 0. The van der Waals surface area contributed by atoms with E-state index in [4.69, 9.17) is 0 Å². The predicted molar refractivity (Wildman–Crippen MR) is 82.0 cm³/mol. The second kappa shape index (κ2) is 5.72. The van der Waals surface area contributed by atoms with Crippen molar-refractivity contribution in [3.8, 4) is 0 Å². The molecule has 2 N–H and O–H groups in total. The fourth-order valence-corrected chi connectivity index (χ4v) is 3.17. The van der Waals surface area contributed by atoms with Crippen LogP contribution in [0.2, 0.25) is 0 Å². The zero-order valence-electron chi connectivity index (χ0n) is 12.6. The van der Waals surface area contributed by atoms with Crippen LogP contribution in [0.3, 0.4) is 0 Å². The fraction of sp³-hybridized carbons (Fsp3) is 0.412. The van der Waals surface area contributed by atoms with Gasteiger partial charge in [0.25, 0.3) is 0 Å². The third-order valence-electron chi connectivity index (χ3n) is 4.43. The van der Waals surface area contributed by atoms with Crippen molar-refractivity contribution in [1.82, 2.24) is 15.5 Å². The van der Waals surface area contributed by atoms with Crippen molar-refractivity contribution in [2.45, 2.75) is 45.6 Å². The van der Waals surface area contributed by atoms with Crippen LogP contribution < -0.4 is 5.32 Å². The van der Waals surface area contributed by atoms with Gasteiger partial charge in [0, 0.05) is 24.2 Å². The van der Waals surface area contributed by atoms with E-state index >= 15 is 0 Å². The molecular formula is C17H21N3O. The second-order valence-corrected chi connectivity index (χ2v) is 5.83. The lowest BCUT2D eigenvalue weighted by Gasteiger charge is -2.12. The average molecular weight is 283 g/mol. The maximum atomic E-state index is 12.2. The number of carbonyl (C=O) groups is 1. The van der Waals surface area contributed by atoms with Gasteiger partial charge in [0.05, 0.1) is 5.69 Å². The highest BCUT2D eigenvalue weighted by Gasteiger charge is 2.24. The molecule has 21 heavy (non-hydrogen) atoms. The number of fused-ring (bicyclic) bond motifs is 1. The van der Waals surface area contributed by atoms with E-state index in [0.717, 1.165) is 29.8 Å². The molecule has 0 spiro atoms. The van der Waals surface area contributed by atoms with Gasteiger partial charge in [-0.25, -0.2) is 0 Å². The van der Waals surface area contributed by atoms with Gasteiger partial charge in [-0.05, 0) is 43.7 Å². The number of aromatic amines is 1. The molecule has 2 aromatic rings. The minimum Gasteiger partial charge on any atom is -0.352 e. The summed E-state index contributed by atoms with van der Waals surface area (Å²) in [5, 5.41) is 10.1. The van der Waals surface area contributed by atoms with Crippen molar-refractivity contribution in [2.75, 3.05) is 0 Å². The summed E-state index contributed by atoms with van der Waals surface area (Å²) in [6, 6.07) is 8.47. The van der Waals surface area contributed by atoms with Gasteiger partial charge in [-0.1, -0.05) is 24.3 Å². The molecule has 1 amide bonds. The predicted octanol–water partition coefficient (Wildman–Crippen LogP) is 2.76. The van der Waals surface area contributed by atoms with Crippen LogP contribution in [0.15, 0.2) is 24.3 Å². The molecule has 1 aromatic carbocycles. The first kappa shape index (κ1) is 13.9. The summed E-state index contributed by atoms with van der Waals surface area (Å²) in [4.78, 5) is 12.2. The SMILES string of the molecule is Cc1n[nH]c(C)c1CNC(=O)CC1CCc2ccccc21. The number of hydrogen-bond acceptors (Lipinski definition) is 2. The number of nitrogens with zero attached hydrogens (tertiary/aromatic N) is 1. The van der Waals surface area contributed by atoms with Crippen LogP contribution in [-0.4, -0.2) is 16.1 Å². The Labute approximate surface area is 125 Å². The van der Waals surface area contributed by atoms with E-state index in [2.05, 4.69) is 39.8 Å². The molecule has 1 aliphatic rings. The minimum atomic E-state index is 0.122. The molecule has 0 fully saturated rings. The van der Waals surface area contributed by atoms with Gasteiger partial charge in [-0.2, -0.15) is 5.10 Å². The Morgan fingerprint density at radius 1 is 1.38 bits per heavy atom. The summed E-state index contributed by atoms with van der Waals surface area (Å²) in [6.45, 7) is 4.49. The molecular weight excluding hydrogens is 262 g/mol. The van der Waals surface area contributed by atoms with Gasteiger partial charge >= 0.3 is 0 Å². The smallest absolute Gasteiger partial charge is 0.220 e. The normalized spacial score (nSPS) is 16.8. The molecule has 0 saturated heterocycles. The molecule has 0 bridgehead atoms. The molecule has 4 heteroatoms. The molecule has 4 nitrogen and oxygen atoms in total. The Balaban J connectivity index is 1.58. The molecule has 0 aliphatic heterocycles. The Kier molecular flexibility index (Phi) is 3.78. The maximum absolute atomic E-state index is 12.2. The van der Waals surface area contributed by atoms with Gasteiger partial charge in [0.15, 0.2) is 0 Å². The summed E-state index contributed by atoms with van der Waals surface area (Å²) in [5.74, 6) is 0.490. The van der Waals surface area contributed by atoms with Crippen LogP contribution in [0, 0.1) is 13.8 Å². The molecule has 0 saturated carbocycles. The van der Waals surface area contributed by atoms with Crippen LogP contribution >= 0.6 is 0 Å². The summed E-state index contributed by atoms with van der Waals surface area (Å²) in [6.07, 6.45) is 2.75. The van der Waals surface area contributed by atoms with Crippen molar-refractivity contribution in [1.29, 1.82) is 0 Å². The average Bonchev–Trinajstić information content (AvgIpc) is 3.02. The van der Waals surface area contributed by atoms with Gasteiger partial charge in [0.1, 0.15) is 0 Å². The van der Waals surface area contributed by atoms with Crippen molar-refractivity contribution in [3.05, 3.63) is 52.3 Å². The van der Waals surface area contributed by atoms with Gasteiger partial charge in [-0.15, -0.1) is 0 Å². The third-order valence-corrected chi connectivity index (χ3v) is 4.43. The largest absolute Gasteiger partial charge is 0.352 e. The number of H-pyrrole nitrogens is 1. The molecule has 1 aromatic heterocycles. The van der Waals surface area contributed by atoms with Crippen LogP contribution in [0.1, 0.15) is 46.8 Å². The zero-order chi connectivity index (χ0) is 14.8. The van der Waals surface area contributed by atoms with E-state index < -0.39 is 0 Å².